The highest BCUT2D eigenvalue weighted by molar-refractivity contribution is 6.31. The van der Waals surface area contributed by atoms with Gasteiger partial charge in [-0.3, -0.25) is 0 Å². The van der Waals surface area contributed by atoms with E-state index in [1.165, 1.54) is 6.07 Å². The van der Waals surface area contributed by atoms with E-state index in [-0.39, 0.29) is 17.2 Å². The predicted molar refractivity (Wildman–Crippen MR) is 59.9 cm³/mol. The molecule has 6 heteroatoms. The first kappa shape index (κ1) is 13.9. The van der Waals surface area contributed by atoms with Gasteiger partial charge in [-0.1, -0.05) is 11.6 Å². The summed E-state index contributed by atoms with van der Waals surface area (Å²) in [6.07, 6.45) is -2.07. The van der Waals surface area contributed by atoms with E-state index >= 15 is 0 Å². The van der Waals surface area contributed by atoms with Gasteiger partial charge in [0.2, 0.25) is 6.17 Å². The number of esters is 1. The minimum absolute atomic E-state index is 0.0345. The van der Waals surface area contributed by atoms with Gasteiger partial charge >= 0.3 is 5.97 Å². The van der Waals surface area contributed by atoms with Crippen molar-refractivity contribution in [3.8, 4) is 0 Å². The van der Waals surface area contributed by atoms with Gasteiger partial charge in [0.15, 0.2) is 0 Å². The Morgan fingerprint density at radius 2 is 2.24 bits per heavy atom. The van der Waals surface area contributed by atoms with Gasteiger partial charge in [0, 0.05) is 5.02 Å². The van der Waals surface area contributed by atoms with Gasteiger partial charge in [0.25, 0.3) is 0 Å². The van der Waals surface area contributed by atoms with Gasteiger partial charge in [-0.25, -0.2) is 13.6 Å². The van der Waals surface area contributed by atoms with Gasteiger partial charge < -0.3 is 10.5 Å². The maximum absolute atomic E-state index is 13.6. The first-order valence-electron chi connectivity index (χ1n) is 4.98. The van der Waals surface area contributed by atoms with Gasteiger partial charge in [-0.15, -0.1) is 0 Å². The zero-order valence-electron chi connectivity index (χ0n) is 9.12. The lowest BCUT2D eigenvalue weighted by Crippen LogP contribution is -2.31. The van der Waals surface area contributed by atoms with Gasteiger partial charge in [0.05, 0.1) is 12.6 Å². The molecular weight excluding hydrogens is 252 g/mol. The summed E-state index contributed by atoms with van der Waals surface area (Å²) in [5, 5.41) is 0.103. The van der Waals surface area contributed by atoms with Crippen LogP contribution in [0.1, 0.15) is 18.5 Å². The molecule has 0 aliphatic carbocycles. The van der Waals surface area contributed by atoms with E-state index in [2.05, 4.69) is 4.74 Å². The average molecular weight is 264 g/mol. The molecule has 0 saturated heterocycles. The van der Waals surface area contributed by atoms with Crippen molar-refractivity contribution < 1.29 is 18.3 Å². The molecule has 0 fully saturated rings. The number of carbonyl (C=O) groups excluding carboxylic acids is 1. The van der Waals surface area contributed by atoms with Gasteiger partial charge in [-0.05, 0) is 30.7 Å². The highest BCUT2D eigenvalue weighted by Crippen LogP contribution is 2.26. The minimum Gasteiger partial charge on any atom is -0.464 e. The molecular formula is C11H12ClF2NO2. The SMILES string of the molecule is CCOC(=O)C(F)[C@@H](N)c1cc(F)ccc1Cl. The molecule has 94 valence electrons. The van der Waals surface area contributed by atoms with Gasteiger partial charge in [-0.2, -0.15) is 0 Å². The molecule has 0 aliphatic rings. The lowest BCUT2D eigenvalue weighted by molar-refractivity contribution is -0.149. The smallest absolute Gasteiger partial charge is 0.342 e. The quantitative estimate of drug-likeness (QED) is 0.849. The standard InChI is InChI=1S/C11H12ClF2NO2/c1-2-17-11(16)9(14)10(15)7-5-6(13)3-4-8(7)12/h3-5,9-10H,2,15H2,1H3/t9?,10-/m0/s1. The van der Waals surface area contributed by atoms with Crippen LogP contribution in [0.2, 0.25) is 5.02 Å². The first-order valence-corrected chi connectivity index (χ1v) is 5.36. The molecule has 1 rings (SSSR count). The Balaban J connectivity index is 2.91. The Morgan fingerprint density at radius 1 is 1.59 bits per heavy atom. The topological polar surface area (TPSA) is 52.3 Å². The fraction of sp³-hybridized carbons (Fsp3) is 0.364. The average Bonchev–Trinajstić information content (AvgIpc) is 2.30. The van der Waals surface area contributed by atoms with Gasteiger partial charge in [0.1, 0.15) is 5.82 Å². The fourth-order valence-corrected chi connectivity index (χ4v) is 1.54. The molecule has 0 aliphatic heterocycles. The fourth-order valence-electron chi connectivity index (χ4n) is 1.30. The Labute approximate surface area is 103 Å². The number of hydrogen-bond donors (Lipinski definition) is 1. The number of hydrogen-bond acceptors (Lipinski definition) is 3. The Morgan fingerprint density at radius 3 is 2.82 bits per heavy atom. The van der Waals surface area contributed by atoms with Crippen LogP contribution < -0.4 is 5.73 Å². The number of halogens is 3. The summed E-state index contributed by atoms with van der Waals surface area (Å²) < 4.78 is 31.0. The van der Waals surface area contributed by atoms with Crippen LogP contribution in [0.25, 0.3) is 0 Å². The lowest BCUT2D eigenvalue weighted by atomic mass is 10.0. The number of carbonyl (C=O) groups is 1. The highest BCUT2D eigenvalue weighted by Gasteiger charge is 2.29. The third kappa shape index (κ3) is 3.38. The number of ether oxygens (including phenoxy) is 1. The summed E-state index contributed by atoms with van der Waals surface area (Å²) in [6, 6.07) is 2.02. The van der Waals surface area contributed by atoms with Crippen LogP contribution in [0.15, 0.2) is 18.2 Å². The molecule has 17 heavy (non-hydrogen) atoms. The molecule has 0 heterocycles. The molecule has 0 bridgehead atoms. The summed E-state index contributed by atoms with van der Waals surface area (Å²) in [4.78, 5) is 11.1. The second-order valence-corrected chi connectivity index (χ2v) is 3.75. The van der Waals surface area contributed by atoms with Crippen molar-refractivity contribution >= 4 is 17.6 Å². The second-order valence-electron chi connectivity index (χ2n) is 3.35. The van der Waals surface area contributed by atoms with E-state index in [9.17, 15) is 13.6 Å². The summed E-state index contributed by atoms with van der Waals surface area (Å²) in [5.74, 6) is -1.68. The third-order valence-electron chi connectivity index (χ3n) is 2.14. The van der Waals surface area contributed by atoms with Crippen molar-refractivity contribution in [3.05, 3.63) is 34.6 Å². The summed E-state index contributed by atoms with van der Waals surface area (Å²) in [5.41, 5.74) is 5.55. The van der Waals surface area contributed by atoms with E-state index in [4.69, 9.17) is 17.3 Å². The minimum atomic E-state index is -2.07. The molecule has 0 radical (unpaired) electrons. The highest BCUT2D eigenvalue weighted by atomic mass is 35.5. The van der Waals surface area contributed by atoms with E-state index in [0.717, 1.165) is 12.1 Å². The Bertz CT molecular complexity index is 414. The Hall–Kier alpha value is -1.20. The summed E-state index contributed by atoms with van der Waals surface area (Å²) >= 11 is 5.75. The zero-order valence-corrected chi connectivity index (χ0v) is 9.88. The van der Waals surface area contributed by atoms with Crippen molar-refractivity contribution in [2.24, 2.45) is 5.73 Å². The maximum atomic E-state index is 13.6. The second kappa shape index (κ2) is 5.93. The van der Waals surface area contributed by atoms with Crippen molar-refractivity contribution in [2.75, 3.05) is 6.61 Å². The molecule has 1 aromatic carbocycles. The maximum Gasteiger partial charge on any atom is 0.342 e. The Kier molecular flexibility index (Phi) is 4.84. The van der Waals surface area contributed by atoms with Crippen LogP contribution in [0.4, 0.5) is 8.78 Å². The van der Waals surface area contributed by atoms with Crippen molar-refractivity contribution in [1.29, 1.82) is 0 Å². The molecule has 2 N–H and O–H groups in total. The molecule has 0 amide bonds. The molecule has 3 nitrogen and oxygen atoms in total. The molecule has 0 aromatic heterocycles. The molecule has 2 atom stereocenters. The van der Waals surface area contributed by atoms with Crippen LogP contribution in [-0.2, 0) is 9.53 Å². The number of nitrogens with two attached hydrogens (primary N) is 1. The molecule has 1 unspecified atom stereocenters. The first-order chi connectivity index (χ1) is 7.97. The van der Waals surface area contributed by atoms with Crippen LogP contribution >= 0.6 is 11.6 Å². The number of benzene rings is 1. The number of rotatable bonds is 4. The van der Waals surface area contributed by atoms with Crippen molar-refractivity contribution in [1.82, 2.24) is 0 Å². The van der Waals surface area contributed by atoms with Crippen molar-refractivity contribution in [2.45, 2.75) is 19.1 Å². The summed E-state index contributed by atoms with van der Waals surface area (Å²) in [7, 11) is 0. The summed E-state index contributed by atoms with van der Waals surface area (Å²) in [6.45, 7) is 1.59. The van der Waals surface area contributed by atoms with Crippen LogP contribution in [-0.4, -0.2) is 18.7 Å². The van der Waals surface area contributed by atoms with Crippen molar-refractivity contribution in [3.63, 3.8) is 0 Å². The predicted octanol–water partition coefficient (Wildman–Crippen LogP) is 2.38. The van der Waals surface area contributed by atoms with E-state index in [1.807, 2.05) is 0 Å². The van der Waals surface area contributed by atoms with E-state index in [1.54, 1.807) is 6.92 Å². The largest absolute Gasteiger partial charge is 0.464 e. The van der Waals surface area contributed by atoms with Crippen LogP contribution in [0.5, 0.6) is 0 Å². The molecule has 0 spiro atoms. The normalized spacial score (nSPS) is 14.2. The molecule has 0 saturated carbocycles. The van der Waals surface area contributed by atoms with E-state index < -0.39 is 24.0 Å². The van der Waals surface area contributed by atoms with E-state index in [0.29, 0.717) is 0 Å². The third-order valence-corrected chi connectivity index (χ3v) is 2.49. The zero-order chi connectivity index (χ0) is 13.0. The lowest BCUT2D eigenvalue weighted by Gasteiger charge is -2.17. The number of alkyl halides is 1. The van der Waals surface area contributed by atoms with Crippen LogP contribution in [0.3, 0.4) is 0 Å². The molecule has 1 aromatic rings. The monoisotopic (exact) mass is 263 g/mol. The van der Waals surface area contributed by atoms with Crippen LogP contribution in [0, 0.1) is 5.82 Å².